The third-order valence-electron chi connectivity index (χ3n) is 6.43. The zero-order valence-electron chi connectivity index (χ0n) is 19.0. The summed E-state index contributed by atoms with van der Waals surface area (Å²) in [4.78, 5) is 30.9. The van der Waals surface area contributed by atoms with Crippen molar-refractivity contribution in [3.63, 3.8) is 0 Å². The van der Waals surface area contributed by atoms with E-state index in [1.807, 2.05) is 13.0 Å². The Labute approximate surface area is 214 Å². The SMILES string of the molecule is CC(Nc1ncnc2cc(C(=O)N3CCC(C(F)(F)F)CC3)c(Cl)cc12)c1nc2cc(Cl)ccc2[nH]1. The molecule has 1 fully saturated rings. The molecule has 0 radical (unpaired) electrons. The summed E-state index contributed by atoms with van der Waals surface area (Å²) in [5.74, 6) is -0.622. The Bertz CT molecular complexity index is 1450. The number of imidazole rings is 1. The molecular formula is C24H21Cl2F3N6O. The van der Waals surface area contributed by atoms with Crippen LogP contribution in [-0.4, -0.2) is 50.0 Å². The summed E-state index contributed by atoms with van der Waals surface area (Å²) < 4.78 is 38.9. The van der Waals surface area contributed by atoms with E-state index >= 15 is 0 Å². The fourth-order valence-electron chi connectivity index (χ4n) is 4.41. The number of rotatable bonds is 4. The lowest BCUT2D eigenvalue weighted by atomic mass is 9.95. The van der Waals surface area contributed by atoms with Crippen molar-refractivity contribution in [3.8, 4) is 0 Å². The van der Waals surface area contributed by atoms with Gasteiger partial charge in [-0.1, -0.05) is 23.2 Å². The first-order valence-electron chi connectivity index (χ1n) is 11.3. The van der Waals surface area contributed by atoms with E-state index in [4.69, 9.17) is 23.2 Å². The van der Waals surface area contributed by atoms with Crippen LogP contribution in [0, 0.1) is 5.92 Å². The number of anilines is 1. The molecule has 0 spiro atoms. The number of nitrogens with zero attached hydrogens (tertiary/aromatic N) is 4. The van der Waals surface area contributed by atoms with Crippen LogP contribution >= 0.6 is 23.2 Å². The molecule has 3 heterocycles. The lowest BCUT2D eigenvalue weighted by molar-refractivity contribution is -0.183. The average molecular weight is 537 g/mol. The van der Waals surface area contributed by atoms with E-state index < -0.39 is 18.0 Å². The number of piperidine rings is 1. The zero-order valence-corrected chi connectivity index (χ0v) is 20.5. The minimum atomic E-state index is -4.25. The molecule has 1 amide bonds. The van der Waals surface area contributed by atoms with E-state index in [1.165, 1.54) is 11.2 Å². The highest BCUT2D eigenvalue weighted by atomic mass is 35.5. The van der Waals surface area contributed by atoms with Crippen molar-refractivity contribution < 1.29 is 18.0 Å². The second kappa shape index (κ2) is 9.40. The van der Waals surface area contributed by atoms with Crippen molar-refractivity contribution >= 4 is 56.9 Å². The Morgan fingerprint density at radius 3 is 2.61 bits per heavy atom. The minimum absolute atomic E-state index is 0.0220. The number of carbonyl (C=O) groups is 1. The standard InChI is InChI=1S/C24H21Cl2F3N6O/c1-12(21-33-18-3-2-14(25)8-20(18)34-21)32-22-16-9-17(26)15(10-19(16)30-11-31-22)23(36)35-6-4-13(5-7-35)24(27,28)29/h2-3,8-13H,4-7H2,1H3,(H,33,34)(H,30,31,32). The second-order valence-electron chi connectivity index (χ2n) is 8.83. The Balaban J connectivity index is 1.37. The first-order chi connectivity index (χ1) is 17.1. The highest BCUT2D eigenvalue weighted by Gasteiger charge is 2.42. The van der Waals surface area contributed by atoms with Gasteiger partial charge in [0.15, 0.2) is 0 Å². The predicted octanol–water partition coefficient (Wildman–Crippen LogP) is 6.40. The van der Waals surface area contributed by atoms with Gasteiger partial charge in [-0.05, 0) is 50.1 Å². The van der Waals surface area contributed by atoms with Crippen LogP contribution in [0.25, 0.3) is 21.9 Å². The molecular weight excluding hydrogens is 516 g/mol. The quantitative estimate of drug-likeness (QED) is 0.315. The van der Waals surface area contributed by atoms with Gasteiger partial charge in [0.05, 0.1) is 39.1 Å². The summed E-state index contributed by atoms with van der Waals surface area (Å²) in [6.07, 6.45) is -3.12. The van der Waals surface area contributed by atoms with E-state index in [0.29, 0.717) is 27.6 Å². The minimum Gasteiger partial charge on any atom is -0.360 e. The Hall–Kier alpha value is -3.11. The van der Waals surface area contributed by atoms with Crippen LogP contribution < -0.4 is 5.32 Å². The molecule has 2 N–H and O–H groups in total. The summed E-state index contributed by atoms with van der Waals surface area (Å²) in [5, 5.41) is 4.66. The molecule has 36 heavy (non-hydrogen) atoms. The molecule has 7 nitrogen and oxygen atoms in total. The number of benzene rings is 2. The lowest BCUT2D eigenvalue weighted by Gasteiger charge is -2.33. The summed E-state index contributed by atoms with van der Waals surface area (Å²) >= 11 is 12.5. The highest BCUT2D eigenvalue weighted by Crippen LogP contribution is 2.35. The molecule has 4 aromatic rings. The second-order valence-corrected chi connectivity index (χ2v) is 9.67. The van der Waals surface area contributed by atoms with Gasteiger partial charge in [-0.3, -0.25) is 4.79 Å². The van der Waals surface area contributed by atoms with Crippen LogP contribution in [0.3, 0.4) is 0 Å². The normalized spacial score (nSPS) is 16.0. The summed E-state index contributed by atoms with van der Waals surface area (Å²) in [7, 11) is 0. The van der Waals surface area contributed by atoms with Crippen molar-refractivity contribution in [3.05, 3.63) is 58.1 Å². The molecule has 1 saturated heterocycles. The lowest BCUT2D eigenvalue weighted by Crippen LogP contribution is -2.42. The molecule has 0 saturated carbocycles. The van der Waals surface area contributed by atoms with Gasteiger partial charge >= 0.3 is 6.18 Å². The van der Waals surface area contributed by atoms with E-state index in [9.17, 15) is 18.0 Å². The van der Waals surface area contributed by atoms with Gasteiger partial charge in [-0.15, -0.1) is 0 Å². The van der Waals surface area contributed by atoms with Crippen molar-refractivity contribution in [2.24, 2.45) is 5.92 Å². The fourth-order valence-corrected chi connectivity index (χ4v) is 4.82. The van der Waals surface area contributed by atoms with Gasteiger partial charge < -0.3 is 15.2 Å². The molecule has 1 aliphatic heterocycles. The molecule has 1 atom stereocenters. The van der Waals surface area contributed by atoms with E-state index in [2.05, 4.69) is 25.3 Å². The number of likely N-dealkylation sites (tertiary alicyclic amines) is 1. The van der Waals surface area contributed by atoms with E-state index in [-0.39, 0.29) is 42.6 Å². The molecule has 12 heteroatoms. The predicted molar refractivity (Wildman–Crippen MR) is 132 cm³/mol. The number of fused-ring (bicyclic) bond motifs is 2. The van der Waals surface area contributed by atoms with Crippen LogP contribution in [0.5, 0.6) is 0 Å². The number of H-pyrrole nitrogens is 1. The van der Waals surface area contributed by atoms with Crippen LogP contribution in [0.2, 0.25) is 10.0 Å². The highest BCUT2D eigenvalue weighted by molar-refractivity contribution is 6.35. The largest absolute Gasteiger partial charge is 0.391 e. The number of amides is 1. The van der Waals surface area contributed by atoms with Crippen molar-refractivity contribution in [1.82, 2.24) is 24.8 Å². The van der Waals surface area contributed by atoms with Crippen molar-refractivity contribution in [1.29, 1.82) is 0 Å². The van der Waals surface area contributed by atoms with Crippen LogP contribution in [0.15, 0.2) is 36.7 Å². The van der Waals surface area contributed by atoms with Gasteiger partial charge in [0.1, 0.15) is 18.0 Å². The summed E-state index contributed by atoms with van der Waals surface area (Å²) in [5.41, 5.74) is 2.26. The topological polar surface area (TPSA) is 86.8 Å². The molecule has 0 aliphatic carbocycles. The number of carbonyl (C=O) groups excluding carboxylic acids is 1. The fraction of sp³-hybridized carbons (Fsp3) is 0.333. The first-order valence-corrected chi connectivity index (χ1v) is 12.1. The number of nitrogens with one attached hydrogen (secondary N) is 2. The number of aromatic nitrogens is 4. The molecule has 5 rings (SSSR count). The number of alkyl halides is 3. The van der Waals surface area contributed by atoms with Crippen molar-refractivity contribution in [2.75, 3.05) is 18.4 Å². The van der Waals surface area contributed by atoms with Gasteiger partial charge in [-0.25, -0.2) is 15.0 Å². The smallest absolute Gasteiger partial charge is 0.360 e. The molecule has 1 unspecified atom stereocenters. The van der Waals surface area contributed by atoms with E-state index in [1.54, 1.807) is 24.3 Å². The first kappa shape index (κ1) is 24.6. The van der Waals surface area contributed by atoms with Gasteiger partial charge in [0, 0.05) is 23.5 Å². The molecule has 0 bridgehead atoms. The Kier molecular flexibility index (Phi) is 6.42. The molecule has 1 aliphatic rings. The monoisotopic (exact) mass is 536 g/mol. The van der Waals surface area contributed by atoms with Crippen molar-refractivity contribution in [2.45, 2.75) is 32.0 Å². The maximum atomic E-state index is 13.1. The maximum Gasteiger partial charge on any atom is 0.391 e. The van der Waals surface area contributed by atoms with Crippen LogP contribution in [-0.2, 0) is 0 Å². The van der Waals surface area contributed by atoms with Crippen LogP contribution in [0.1, 0.15) is 42.0 Å². The molecule has 188 valence electrons. The van der Waals surface area contributed by atoms with Crippen LogP contribution in [0.4, 0.5) is 19.0 Å². The number of hydrogen-bond acceptors (Lipinski definition) is 5. The third-order valence-corrected chi connectivity index (χ3v) is 6.97. The van der Waals surface area contributed by atoms with Gasteiger partial charge in [-0.2, -0.15) is 13.2 Å². The maximum absolute atomic E-state index is 13.1. The summed E-state index contributed by atoms with van der Waals surface area (Å²) in [6, 6.07) is 8.29. The molecule has 2 aromatic carbocycles. The van der Waals surface area contributed by atoms with Gasteiger partial charge in [0.2, 0.25) is 0 Å². The third kappa shape index (κ3) is 4.79. The summed E-state index contributed by atoms with van der Waals surface area (Å²) in [6.45, 7) is 1.96. The number of aromatic amines is 1. The zero-order chi connectivity index (χ0) is 25.6. The Morgan fingerprint density at radius 1 is 1.14 bits per heavy atom. The number of hydrogen-bond donors (Lipinski definition) is 2. The molecule has 2 aromatic heterocycles. The Morgan fingerprint density at radius 2 is 1.89 bits per heavy atom. The number of halogens is 5. The van der Waals surface area contributed by atoms with Gasteiger partial charge in [0.25, 0.3) is 5.91 Å². The average Bonchev–Trinajstić information content (AvgIpc) is 3.27. The van der Waals surface area contributed by atoms with E-state index in [0.717, 1.165) is 11.0 Å².